The molecule has 0 radical (unpaired) electrons. The lowest BCUT2D eigenvalue weighted by Gasteiger charge is -2.25. The summed E-state index contributed by atoms with van der Waals surface area (Å²) in [6.45, 7) is 2.81. The van der Waals surface area contributed by atoms with Crippen molar-refractivity contribution < 1.29 is 23.9 Å². The van der Waals surface area contributed by atoms with Gasteiger partial charge in [0.05, 0.1) is 5.56 Å². The molecule has 1 aliphatic heterocycles. The highest BCUT2D eigenvalue weighted by Gasteiger charge is 2.52. The van der Waals surface area contributed by atoms with Crippen LogP contribution in [-0.4, -0.2) is 35.4 Å². The van der Waals surface area contributed by atoms with Gasteiger partial charge in [0.25, 0.3) is 11.8 Å². The zero-order chi connectivity index (χ0) is 21.9. The molecule has 2 aromatic carbocycles. The number of benzene rings is 2. The molecule has 0 unspecified atom stereocenters. The van der Waals surface area contributed by atoms with E-state index in [0.717, 1.165) is 0 Å². The van der Waals surface area contributed by atoms with Crippen LogP contribution in [0.5, 0.6) is 0 Å². The standard InChI is InChI=1S/C21H22N4O5/c1-3-21(14-9-5-4-6-10-14)19(28)25(20(29)23-21)24-16(26)12-30-18(27)15-11-7-8-13(2)17(15)22/h4-11H,3,12,22H2,1-2H3,(H,23,29)(H,24,26)/t21-/m1/s1. The Labute approximate surface area is 173 Å². The Balaban J connectivity index is 1.67. The third-order valence-corrected chi connectivity index (χ3v) is 5.00. The van der Waals surface area contributed by atoms with Crippen molar-refractivity contribution in [2.45, 2.75) is 25.8 Å². The van der Waals surface area contributed by atoms with Crippen LogP contribution in [-0.2, 0) is 19.9 Å². The van der Waals surface area contributed by atoms with Crippen molar-refractivity contribution in [1.82, 2.24) is 15.8 Å². The van der Waals surface area contributed by atoms with Crippen LogP contribution in [0.4, 0.5) is 10.5 Å². The number of hydrazine groups is 1. The van der Waals surface area contributed by atoms with Crippen LogP contribution in [0.2, 0.25) is 0 Å². The van der Waals surface area contributed by atoms with Crippen molar-refractivity contribution in [3.63, 3.8) is 0 Å². The van der Waals surface area contributed by atoms with Crippen LogP contribution >= 0.6 is 0 Å². The Morgan fingerprint density at radius 3 is 2.50 bits per heavy atom. The minimum Gasteiger partial charge on any atom is -0.452 e. The number of hydrogen-bond donors (Lipinski definition) is 3. The quantitative estimate of drug-likeness (QED) is 0.377. The Morgan fingerprint density at radius 1 is 1.13 bits per heavy atom. The number of nitrogens with one attached hydrogen (secondary N) is 2. The van der Waals surface area contributed by atoms with E-state index in [-0.39, 0.29) is 17.7 Å². The molecule has 0 aromatic heterocycles. The number of urea groups is 1. The number of rotatable bonds is 6. The SMILES string of the molecule is CC[C@]1(c2ccccc2)NC(=O)N(NC(=O)COC(=O)c2cccc(C)c2N)C1=O. The topological polar surface area (TPSA) is 131 Å². The van der Waals surface area contributed by atoms with Gasteiger partial charge in [-0.15, -0.1) is 0 Å². The second kappa shape index (κ2) is 8.24. The Bertz CT molecular complexity index is 1010. The summed E-state index contributed by atoms with van der Waals surface area (Å²) in [5.74, 6) is -2.24. The minimum absolute atomic E-state index is 0.131. The normalized spacial score (nSPS) is 18.1. The van der Waals surface area contributed by atoms with E-state index in [1.54, 1.807) is 56.3 Å². The van der Waals surface area contributed by atoms with E-state index in [0.29, 0.717) is 16.1 Å². The van der Waals surface area contributed by atoms with Gasteiger partial charge in [0.1, 0.15) is 5.54 Å². The highest BCUT2D eigenvalue weighted by Crippen LogP contribution is 2.31. The largest absolute Gasteiger partial charge is 0.452 e. The van der Waals surface area contributed by atoms with Gasteiger partial charge < -0.3 is 15.8 Å². The van der Waals surface area contributed by atoms with Crippen molar-refractivity contribution in [3.05, 3.63) is 65.2 Å². The molecule has 1 saturated heterocycles. The molecule has 4 N–H and O–H groups in total. The summed E-state index contributed by atoms with van der Waals surface area (Å²) in [4.78, 5) is 49.7. The number of carbonyl (C=O) groups is 4. The van der Waals surface area contributed by atoms with E-state index in [1.165, 1.54) is 6.07 Å². The molecule has 3 rings (SSSR count). The predicted octanol–water partition coefficient (Wildman–Crippen LogP) is 1.62. The molecular formula is C21H22N4O5. The van der Waals surface area contributed by atoms with Crippen LogP contribution < -0.4 is 16.5 Å². The molecule has 1 atom stereocenters. The van der Waals surface area contributed by atoms with E-state index in [1.807, 2.05) is 0 Å². The van der Waals surface area contributed by atoms with Crippen LogP contribution in [0.25, 0.3) is 0 Å². The highest BCUT2D eigenvalue weighted by molar-refractivity contribution is 6.08. The average Bonchev–Trinajstić information content (AvgIpc) is 2.99. The Kier molecular flexibility index (Phi) is 5.72. The number of ether oxygens (including phenoxy) is 1. The fourth-order valence-electron chi connectivity index (χ4n) is 3.26. The number of amides is 4. The molecule has 0 bridgehead atoms. The van der Waals surface area contributed by atoms with Gasteiger partial charge in [-0.25, -0.2) is 9.59 Å². The number of esters is 1. The maximum Gasteiger partial charge on any atom is 0.344 e. The van der Waals surface area contributed by atoms with Gasteiger partial charge in [0.2, 0.25) is 0 Å². The minimum atomic E-state index is -1.28. The van der Waals surface area contributed by atoms with E-state index >= 15 is 0 Å². The number of para-hydroxylation sites is 1. The van der Waals surface area contributed by atoms with Crippen molar-refractivity contribution in [2.75, 3.05) is 12.3 Å². The van der Waals surface area contributed by atoms with Crippen molar-refractivity contribution >= 4 is 29.5 Å². The molecule has 1 heterocycles. The summed E-state index contributed by atoms with van der Waals surface area (Å²) < 4.78 is 4.97. The fourth-order valence-corrected chi connectivity index (χ4v) is 3.26. The summed E-state index contributed by atoms with van der Waals surface area (Å²) in [5.41, 5.74) is 8.45. The van der Waals surface area contributed by atoms with Crippen LogP contribution in [0, 0.1) is 6.92 Å². The molecule has 4 amide bonds. The van der Waals surface area contributed by atoms with Crippen LogP contribution in [0.1, 0.15) is 34.8 Å². The number of nitrogens with two attached hydrogens (primary N) is 1. The van der Waals surface area contributed by atoms with Crippen molar-refractivity contribution in [2.24, 2.45) is 0 Å². The summed E-state index contributed by atoms with van der Waals surface area (Å²) >= 11 is 0. The first-order valence-corrected chi connectivity index (χ1v) is 9.34. The van der Waals surface area contributed by atoms with Gasteiger partial charge in [0, 0.05) is 5.69 Å². The lowest BCUT2D eigenvalue weighted by Crippen LogP contribution is -2.49. The predicted molar refractivity (Wildman–Crippen MR) is 108 cm³/mol. The zero-order valence-corrected chi connectivity index (χ0v) is 16.6. The maximum atomic E-state index is 13.0. The summed E-state index contributed by atoms with van der Waals surface area (Å²) in [5, 5.41) is 3.25. The molecule has 9 heteroatoms. The number of imide groups is 1. The molecule has 0 saturated carbocycles. The Morgan fingerprint density at radius 2 is 1.83 bits per heavy atom. The lowest BCUT2D eigenvalue weighted by atomic mass is 9.87. The molecule has 156 valence electrons. The monoisotopic (exact) mass is 410 g/mol. The first-order valence-electron chi connectivity index (χ1n) is 9.34. The summed E-state index contributed by atoms with van der Waals surface area (Å²) in [6, 6.07) is 12.8. The van der Waals surface area contributed by atoms with Crippen molar-refractivity contribution in [3.8, 4) is 0 Å². The van der Waals surface area contributed by atoms with Gasteiger partial charge in [-0.3, -0.25) is 15.0 Å². The molecule has 1 fully saturated rings. The molecule has 1 aliphatic rings. The maximum absolute atomic E-state index is 13.0. The third-order valence-electron chi connectivity index (χ3n) is 5.00. The zero-order valence-electron chi connectivity index (χ0n) is 16.6. The van der Waals surface area contributed by atoms with Gasteiger partial charge in [0.15, 0.2) is 6.61 Å². The Hall–Kier alpha value is -3.88. The van der Waals surface area contributed by atoms with Gasteiger partial charge in [-0.05, 0) is 30.5 Å². The average molecular weight is 410 g/mol. The smallest absolute Gasteiger partial charge is 0.344 e. The first kappa shape index (κ1) is 20.8. The molecule has 0 spiro atoms. The first-order chi connectivity index (χ1) is 14.3. The van der Waals surface area contributed by atoms with E-state index in [2.05, 4.69) is 10.7 Å². The summed E-state index contributed by atoms with van der Waals surface area (Å²) in [7, 11) is 0. The van der Waals surface area contributed by atoms with Crippen molar-refractivity contribution in [1.29, 1.82) is 0 Å². The number of nitrogen functional groups attached to an aromatic ring is 1. The number of nitrogens with zero attached hydrogens (tertiary/aromatic N) is 1. The molecule has 9 nitrogen and oxygen atoms in total. The highest BCUT2D eigenvalue weighted by atomic mass is 16.5. The van der Waals surface area contributed by atoms with E-state index < -0.39 is 36.0 Å². The van der Waals surface area contributed by atoms with Gasteiger partial charge >= 0.3 is 12.0 Å². The fraction of sp³-hybridized carbons (Fsp3) is 0.238. The van der Waals surface area contributed by atoms with E-state index in [4.69, 9.17) is 10.5 Å². The number of carbonyl (C=O) groups excluding carboxylic acids is 4. The third kappa shape index (κ3) is 3.69. The second-order valence-electron chi connectivity index (χ2n) is 6.84. The number of hydrogen-bond acceptors (Lipinski definition) is 6. The summed E-state index contributed by atoms with van der Waals surface area (Å²) in [6.07, 6.45) is 0.287. The van der Waals surface area contributed by atoms with E-state index in [9.17, 15) is 19.2 Å². The van der Waals surface area contributed by atoms with Gasteiger partial charge in [-0.2, -0.15) is 5.01 Å². The van der Waals surface area contributed by atoms with Gasteiger partial charge in [-0.1, -0.05) is 49.4 Å². The molecule has 30 heavy (non-hydrogen) atoms. The van der Waals surface area contributed by atoms with Crippen LogP contribution in [0.15, 0.2) is 48.5 Å². The second-order valence-corrected chi connectivity index (χ2v) is 6.84. The lowest BCUT2D eigenvalue weighted by molar-refractivity contribution is -0.140. The molecule has 0 aliphatic carbocycles. The molecule has 2 aromatic rings. The number of aryl methyl sites for hydroxylation is 1. The molecular weight excluding hydrogens is 388 g/mol. The number of anilines is 1. The van der Waals surface area contributed by atoms with Crippen LogP contribution in [0.3, 0.4) is 0 Å².